The van der Waals surface area contributed by atoms with Gasteiger partial charge >= 0.3 is 0 Å². The average molecular weight is 205 g/mol. The molecular weight excluding hydrogens is 198 g/mol. The van der Waals surface area contributed by atoms with Crippen LogP contribution in [-0.4, -0.2) is 19.5 Å². The minimum absolute atomic E-state index is 0.0440. The van der Waals surface area contributed by atoms with Crippen molar-refractivity contribution in [1.82, 2.24) is 13.7 Å². The third-order valence-corrected chi connectivity index (χ3v) is 2.19. The Kier molecular flexibility index (Phi) is 2.60. The number of hydrogen-bond acceptors (Lipinski definition) is 5. The second-order valence-electron chi connectivity index (χ2n) is 2.71. The summed E-state index contributed by atoms with van der Waals surface area (Å²) in [6.07, 6.45) is 3.43. The first-order valence-electron chi connectivity index (χ1n) is 4.07. The number of pyridine rings is 1. The Morgan fingerprint density at radius 2 is 2.36 bits per heavy atom. The van der Waals surface area contributed by atoms with E-state index in [-0.39, 0.29) is 12.2 Å². The third kappa shape index (κ3) is 2.00. The smallest absolute Gasteiger partial charge is 0.189 e. The van der Waals surface area contributed by atoms with Crippen molar-refractivity contribution in [3.63, 3.8) is 0 Å². The fraction of sp³-hybridized carbons (Fsp3) is 0.111. The Morgan fingerprint density at radius 1 is 1.43 bits per heavy atom. The lowest BCUT2D eigenvalue weighted by molar-refractivity contribution is 0.0988. The fourth-order valence-electron chi connectivity index (χ4n) is 1.05. The Bertz CT molecular complexity index is 413. The number of hydrogen-bond donors (Lipinski definition) is 0. The minimum Gasteiger partial charge on any atom is -0.292 e. The van der Waals surface area contributed by atoms with Crippen LogP contribution in [0.4, 0.5) is 0 Å². The average Bonchev–Trinajstić information content (AvgIpc) is 2.72. The van der Waals surface area contributed by atoms with Crippen LogP contribution in [0.2, 0.25) is 0 Å². The summed E-state index contributed by atoms with van der Waals surface area (Å²) in [7, 11) is 0. The molecule has 0 atom stereocenters. The molecule has 4 nitrogen and oxygen atoms in total. The van der Waals surface area contributed by atoms with E-state index in [0.717, 1.165) is 17.4 Å². The molecule has 2 aromatic heterocycles. The first-order chi connectivity index (χ1) is 6.86. The highest BCUT2D eigenvalue weighted by Crippen LogP contribution is 2.02. The summed E-state index contributed by atoms with van der Waals surface area (Å²) in [5.74, 6) is -0.0440. The molecule has 0 saturated heterocycles. The van der Waals surface area contributed by atoms with E-state index in [0.29, 0.717) is 5.69 Å². The highest BCUT2D eigenvalue weighted by Gasteiger charge is 2.09. The minimum atomic E-state index is -0.0440. The number of aromatic nitrogens is 3. The van der Waals surface area contributed by atoms with Gasteiger partial charge < -0.3 is 0 Å². The van der Waals surface area contributed by atoms with E-state index >= 15 is 0 Å². The van der Waals surface area contributed by atoms with Gasteiger partial charge in [0.25, 0.3) is 0 Å². The zero-order chi connectivity index (χ0) is 9.80. The van der Waals surface area contributed by atoms with Crippen LogP contribution < -0.4 is 0 Å². The second-order valence-corrected chi connectivity index (χ2v) is 3.27. The molecular formula is C9H7N3OS. The van der Waals surface area contributed by atoms with E-state index in [1.807, 2.05) is 18.2 Å². The van der Waals surface area contributed by atoms with Gasteiger partial charge in [0.1, 0.15) is 5.69 Å². The first kappa shape index (κ1) is 8.96. The van der Waals surface area contributed by atoms with Crippen LogP contribution in [0.3, 0.4) is 0 Å². The van der Waals surface area contributed by atoms with E-state index < -0.39 is 0 Å². The molecule has 2 aromatic rings. The molecule has 0 radical (unpaired) electrons. The van der Waals surface area contributed by atoms with Crippen molar-refractivity contribution >= 4 is 17.5 Å². The summed E-state index contributed by atoms with van der Waals surface area (Å²) in [6.45, 7) is 0. The summed E-state index contributed by atoms with van der Waals surface area (Å²) < 4.78 is 7.64. The van der Waals surface area contributed by atoms with Crippen molar-refractivity contribution in [3.05, 3.63) is 42.0 Å². The first-order valence-corrected chi connectivity index (χ1v) is 4.80. The van der Waals surface area contributed by atoms with E-state index in [9.17, 15) is 4.79 Å². The molecule has 0 aliphatic rings. The van der Waals surface area contributed by atoms with Crippen LogP contribution in [0, 0.1) is 0 Å². The van der Waals surface area contributed by atoms with Gasteiger partial charge in [-0.3, -0.25) is 9.78 Å². The topological polar surface area (TPSA) is 55.7 Å². The molecule has 2 heterocycles. The number of carbonyl (C=O) groups excluding carboxylic acids is 1. The van der Waals surface area contributed by atoms with Gasteiger partial charge in [0, 0.05) is 11.9 Å². The monoisotopic (exact) mass is 205 g/mol. The molecule has 0 unspecified atom stereocenters. The van der Waals surface area contributed by atoms with Crippen molar-refractivity contribution in [1.29, 1.82) is 0 Å². The molecule has 0 fully saturated rings. The number of ketones is 1. The van der Waals surface area contributed by atoms with Gasteiger partial charge in [0.05, 0.1) is 24.3 Å². The number of nitrogens with zero attached hydrogens (tertiary/aromatic N) is 3. The molecule has 0 N–H and O–H groups in total. The quantitative estimate of drug-likeness (QED) is 0.710. The molecule has 0 aromatic carbocycles. The van der Waals surface area contributed by atoms with E-state index in [1.54, 1.807) is 6.20 Å². The van der Waals surface area contributed by atoms with Crippen molar-refractivity contribution in [3.8, 4) is 0 Å². The molecule has 2 rings (SSSR count). The molecule has 0 amide bonds. The number of carbonyl (C=O) groups is 1. The normalized spacial score (nSPS) is 10.0. The fourth-order valence-corrected chi connectivity index (χ4v) is 1.48. The number of Topliss-reactive ketones (excluding diaryl/α,β-unsaturated/α-hetero) is 1. The maximum atomic E-state index is 11.5. The Labute approximate surface area is 85.0 Å². The standard InChI is InChI=1S/C9H7N3OS/c13-9(8-6-11-14-12-8)5-7-3-1-2-4-10-7/h1-4,6H,5H2. The predicted octanol–water partition coefficient (Wildman–Crippen LogP) is 1.36. The maximum absolute atomic E-state index is 11.5. The molecule has 5 heteroatoms. The second kappa shape index (κ2) is 4.06. The SMILES string of the molecule is O=C(Cc1ccccn1)c1cnsn1. The van der Waals surface area contributed by atoms with Gasteiger partial charge in [0.15, 0.2) is 5.78 Å². The zero-order valence-corrected chi connectivity index (χ0v) is 8.07. The lowest BCUT2D eigenvalue weighted by atomic mass is 10.1. The van der Waals surface area contributed by atoms with Crippen LogP contribution in [0.25, 0.3) is 0 Å². The lowest BCUT2D eigenvalue weighted by Crippen LogP contribution is -2.04. The number of rotatable bonds is 3. The molecule has 0 bridgehead atoms. The summed E-state index contributed by atoms with van der Waals surface area (Å²) in [4.78, 5) is 15.6. The highest BCUT2D eigenvalue weighted by molar-refractivity contribution is 6.99. The van der Waals surface area contributed by atoms with Crippen molar-refractivity contribution in [2.24, 2.45) is 0 Å². The molecule has 14 heavy (non-hydrogen) atoms. The van der Waals surface area contributed by atoms with Gasteiger partial charge in [-0.15, -0.1) is 0 Å². The highest BCUT2D eigenvalue weighted by atomic mass is 32.1. The van der Waals surface area contributed by atoms with Crippen LogP contribution >= 0.6 is 11.7 Å². The Morgan fingerprint density at radius 3 is 3.00 bits per heavy atom. The molecule has 0 spiro atoms. The maximum Gasteiger partial charge on any atom is 0.189 e. The van der Waals surface area contributed by atoms with Crippen LogP contribution in [0.5, 0.6) is 0 Å². The summed E-state index contributed by atoms with van der Waals surface area (Å²) >= 11 is 1.04. The van der Waals surface area contributed by atoms with E-state index in [4.69, 9.17) is 0 Å². The van der Waals surface area contributed by atoms with Gasteiger partial charge in [-0.2, -0.15) is 8.75 Å². The molecule has 0 aliphatic heterocycles. The van der Waals surface area contributed by atoms with Crippen molar-refractivity contribution in [2.45, 2.75) is 6.42 Å². The van der Waals surface area contributed by atoms with Gasteiger partial charge in [-0.25, -0.2) is 0 Å². The van der Waals surface area contributed by atoms with E-state index in [1.165, 1.54) is 6.20 Å². The molecule has 0 aliphatic carbocycles. The van der Waals surface area contributed by atoms with E-state index in [2.05, 4.69) is 13.7 Å². The van der Waals surface area contributed by atoms with Crippen molar-refractivity contribution in [2.75, 3.05) is 0 Å². The summed E-state index contributed by atoms with van der Waals surface area (Å²) in [5.41, 5.74) is 1.17. The van der Waals surface area contributed by atoms with Crippen LogP contribution in [0.1, 0.15) is 16.2 Å². The summed E-state index contributed by atoms with van der Waals surface area (Å²) in [5, 5.41) is 0. The lowest BCUT2D eigenvalue weighted by Gasteiger charge is -1.95. The zero-order valence-electron chi connectivity index (χ0n) is 7.25. The van der Waals surface area contributed by atoms with Gasteiger partial charge in [-0.1, -0.05) is 6.07 Å². The Hall–Kier alpha value is -1.62. The third-order valence-electron chi connectivity index (χ3n) is 1.71. The van der Waals surface area contributed by atoms with Crippen LogP contribution in [0.15, 0.2) is 30.6 Å². The largest absolute Gasteiger partial charge is 0.292 e. The van der Waals surface area contributed by atoms with Crippen molar-refractivity contribution < 1.29 is 4.79 Å². The van der Waals surface area contributed by atoms with Gasteiger partial charge in [0.2, 0.25) is 0 Å². The summed E-state index contributed by atoms with van der Waals surface area (Å²) in [6, 6.07) is 5.49. The van der Waals surface area contributed by atoms with Gasteiger partial charge in [-0.05, 0) is 12.1 Å². The Balaban J connectivity index is 2.10. The molecule has 0 saturated carbocycles. The van der Waals surface area contributed by atoms with Crippen LogP contribution in [-0.2, 0) is 6.42 Å². The molecule has 70 valence electrons. The predicted molar refractivity (Wildman–Crippen MR) is 52.2 cm³/mol.